The molecule has 128 valence electrons. The Morgan fingerprint density at radius 3 is 2.72 bits per heavy atom. The fourth-order valence-corrected chi connectivity index (χ4v) is 2.96. The molecule has 25 heavy (non-hydrogen) atoms. The Morgan fingerprint density at radius 2 is 2.04 bits per heavy atom. The number of amides is 2. The van der Waals surface area contributed by atoms with E-state index in [0.29, 0.717) is 30.4 Å². The Kier molecular flexibility index (Phi) is 3.52. The number of hydrogen-bond donors (Lipinski definition) is 0. The highest BCUT2D eigenvalue weighted by Crippen LogP contribution is 2.35. The summed E-state index contributed by atoms with van der Waals surface area (Å²) in [6.07, 6.45) is 2.40. The van der Waals surface area contributed by atoms with Gasteiger partial charge in [-0.3, -0.25) is 9.47 Å². The number of nitrogens with zero attached hydrogens (tertiary/aromatic N) is 6. The maximum atomic E-state index is 12.7. The van der Waals surface area contributed by atoms with Crippen LogP contribution in [-0.2, 0) is 13.0 Å². The number of anilines is 1. The van der Waals surface area contributed by atoms with E-state index in [-0.39, 0.29) is 6.03 Å². The summed E-state index contributed by atoms with van der Waals surface area (Å²) in [5.41, 5.74) is 3.24. The van der Waals surface area contributed by atoms with Gasteiger partial charge in [-0.05, 0) is 12.1 Å². The van der Waals surface area contributed by atoms with Crippen molar-refractivity contribution in [1.29, 1.82) is 0 Å². The molecule has 8 heteroatoms. The second-order valence-corrected chi connectivity index (χ2v) is 6.03. The highest BCUT2D eigenvalue weighted by Gasteiger charge is 2.31. The molecule has 8 nitrogen and oxygen atoms in total. The van der Waals surface area contributed by atoms with Gasteiger partial charge in [0.05, 0.1) is 23.6 Å². The molecule has 1 aromatic carbocycles. The molecule has 4 rings (SSSR count). The van der Waals surface area contributed by atoms with Crippen molar-refractivity contribution in [1.82, 2.24) is 24.6 Å². The molecular weight excluding hydrogens is 320 g/mol. The molecule has 2 aromatic heterocycles. The molecule has 0 unspecified atom stereocenters. The number of aromatic nitrogens is 4. The van der Waals surface area contributed by atoms with Crippen molar-refractivity contribution in [3.05, 3.63) is 42.2 Å². The number of urea groups is 1. The van der Waals surface area contributed by atoms with Gasteiger partial charge in [0.15, 0.2) is 0 Å². The number of carbonyl (C=O) groups is 1. The zero-order chi connectivity index (χ0) is 17.6. The van der Waals surface area contributed by atoms with Crippen LogP contribution in [0.25, 0.3) is 17.2 Å². The topological polar surface area (TPSA) is 80.3 Å². The van der Waals surface area contributed by atoms with Gasteiger partial charge in [0.2, 0.25) is 11.7 Å². The number of aryl methyl sites for hydroxylation is 1. The van der Waals surface area contributed by atoms with Crippen LogP contribution >= 0.6 is 0 Å². The largest absolute Gasteiger partial charge is 0.339 e. The third-order valence-corrected chi connectivity index (χ3v) is 4.20. The van der Waals surface area contributed by atoms with E-state index in [1.54, 1.807) is 30.2 Å². The second kappa shape index (κ2) is 5.73. The lowest BCUT2D eigenvalue weighted by atomic mass is 10.1. The fourth-order valence-electron chi connectivity index (χ4n) is 2.96. The summed E-state index contributed by atoms with van der Waals surface area (Å²) < 4.78 is 7.19. The molecule has 0 bridgehead atoms. The minimum absolute atomic E-state index is 0.0896. The normalized spacial score (nSPS) is 12.7. The lowest BCUT2D eigenvalue weighted by Gasteiger charge is -2.32. The number of rotatable bonds is 2. The van der Waals surface area contributed by atoms with E-state index in [9.17, 15) is 4.79 Å². The van der Waals surface area contributed by atoms with Crippen molar-refractivity contribution in [2.45, 2.75) is 19.9 Å². The van der Waals surface area contributed by atoms with E-state index in [0.717, 1.165) is 17.1 Å². The smallest absolute Gasteiger partial charge is 0.324 e. The average molecular weight is 338 g/mol. The molecule has 0 atom stereocenters. The first-order valence-corrected chi connectivity index (χ1v) is 8.07. The molecule has 0 radical (unpaired) electrons. The second-order valence-electron chi connectivity index (χ2n) is 6.03. The molecule has 2 amide bonds. The molecule has 0 fully saturated rings. The lowest BCUT2D eigenvalue weighted by Crippen LogP contribution is -2.41. The molecule has 1 aliphatic heterocycles. The summed E-state index contributed by atoms with van der Waals surface area (Å²) in [5, 5.41) is 4.02. The first kappa shape index (κ1) is 15.4. The van der Waals surface area contributed by atoms with Gasteiger partial charge in [-0.1, -0.05) is 24.2 Å². The Hall–Kier alpha value is -3.16. The van der Waals surface area contributed by atoms with Gasteiger partial charge >= 0.3 is 6.03 Å². The minimum Gasteiger partial charge on any atom is -0.339 e. The quantitative estimate of drug-likeness (QED) is 0.717. The summed E-state index contributed by atoms with van der Waals surface area (Å²) in [6.45, 7) is 2.34. The zero-order valence-electron chi connectivity index (χ0n) is 14.3. The first-order chi connectivity index (χ1) is 12.1. The van der Waals surface area contributed by atoms with E-state index in [1.165, 1.54) is 0 Å². The van der Waals surface area contributed by atoms with Crippen LogP contribution in [0, 0.1) is 0 Å². The summed E-state index contributed by atoms with van der Waals surface area (Å²) in [4.78, 5) is 24.8. The number of benzene rings is 1. The highest BCUT2D eigenvalue weighted by atomic mass is 16.5. The number of para-hydroxylation sites is 2. The minimum atomic E-state index is -0.0896. The van der Waals surface area contributed by atoms with Crippen molar-refractivity contribution >= 4 is 11.7 Å². The Labute approximate surface area is 144 Å². The maximum absolute atomic E-state index is 12.7. The Bertz CT molecular complexity index is 942. The van der Waals surface area contributed by atoms with Crippen molar-refractivity contribution in [2.24, 2.45) is 0 Å². The van der Waals surface area contributed by atoms with Crippen LogP contribution in [0.4, 0.5) is 10.5 Å². The molecular formula is C17H18N6O2. The molecule has 0 N–H and O–H groups in total. The molecule has 0 saturated carbocycles. The van der Waals surface area contributed by atoms with Crippen LogP contribution in [0.2, 0.25) is 0 Å². The zero-order valence-corrected chi connectivity index (χ0v) is 14.3. The SMILES string of the molecule is CCc1nc(-c2ncn3c2CN(C(=O)N(C)C)c2ccccc2-3)no1. The average Bonchev–Trinajstić information content (AvgIpc) is 3.26. The van der Waals surface area contributed by atoms with Crippen molar-refractivity contribution in [2.75, 3.05) is 19.0 Å². The van der Waals surface area contributed by atoms with Crippen LogP contribution in [0.5, 0.6) is 0 Å². The predicted octanol–water partition coefficient (Wildman–Crippen LogP) is 2.49. The van der Waals surface area contributed by atoms with Crippen molar-refractivity contribution in [3.63, 3.8) is 0 Å². The fraction of sp³-hybridized carbons (Fsp3) is 0.294. The van der Waals surface area contributed by atoms with Crippen LogP contribution in [-0.4, -0.2) is 44.7 Å². The van der Waals surface area contributed by atoms with Crippen molar-refractivity contribution < 1.29 is 9.32 Å². The van der Waals surface area contributed by atoms with Crippen LogP contribution in [0.1, 0.15) is 18.5 Å². The van der Waals surface area contributed by atoms with Gasteiger partial charge in [-0.15, -0.1) is 0 Å². The first-order valence-electron chi connectivity index (χ1n) is 8.07. The molecule has 3 heterocycles. The molecule has 0 saturated heterocycles. The number of hydrogen-bond acceptors (Lipinski definition) is 5. The van der Waals surface area contributed by atoms with E-state index in [2.05, 4.69) is 15.1 Å². The summed E-state index contributed by atoms with van der Waals surface area (Å²) in [6, 6.07) is 7.67. The van der Waals surface area contributed by atoms with Crippen molar-refractivity contribution in [3.8, 4) is 17.2 Å². The molecule has 1 aliphatic rings. The molecule has 0 spiro atoms. The molecule has 0 aliphatic carbocycles. The lowest BCUT2D eigenvalue weighted by molar-refractivity contribution is 0.223. The van der Waals surface area contributed by atoms with Gasteiger partial charge in [0.1, 0.15) is 12.0 Å². The van der Waals surface area contributed by atoms with Crippen LogP contribution < -0.4 is 4.90 Å². The van der Waals surface area contributed by atoms with Gasteiger partial charge in [0, 0.05) is 20.5 Å². The van der Waals surface area contributed by atoms with Gasteiger partial charge in [-0.25, -0.2) is 9.78 Å². The van der Waals surface area contributed by atoms with Crippen LogP contribution in [0.3, 0.4) is 0 Å². The summed E-state index contributed by atoms with van der Waals surface area (Å²) >= 11 is 0. The standard InChI is InChI=1S/C17H18N6O2/c1-4-14-19-16(20-25-14)15-13-9-22(17(24)21(2)3)11-7-5-6-8-12(11)23(13)10-18-15/h5-8,10H,4,9H2,1-3H3. The van der Waals surface area contributed by atoms with Crippen LogP contribution in [0.15, 0.2) is 35.1 Å². The van der Waals surface area contributed by atoms with E-state index in [4.69, 9.17) is 4.52 Å². The van der Waals surface area contributed by atoms with E-state index >= 15 is 0 Å². The van der Waals surface area contributed by atoms with Gasteiger partial charge < -0.3 is 9.42 Å². The van der Waals surface area contributed by atoms with Gasteiger partial charge in [-0.2, -0.15) is 4.98 Å². The Balaban J connectivity index is 1.86. The number of imidazole rings is 1. The Morgan fingerprint density at radius 1 is 1.28 bits per heavy atom. The summed E-state index contributed by atoms with van der Waals surface area (Å²) in [7, 11) is 3.48. The monoisotopic (exact) mass is 338 g/mol. The maximum Gasteiger partial charge on any atom is 0.324 e. The van der Waals surface area contributed by atoms with E-state index in [1.807, 2.05) is 35.8 Å². The van der Waals surface area contributed by atoms with Gasteiger partial charge in [0.25, 0.3) is 0 Å². The predicted molar refractivity (Wildman–Crippen MR) is 91.5 cm³/mol. The number of fused-ring (bicyclic) bond motifs is 3. The summed E-state index contributed by atoms with van der Waals surface area (Å²) in [5.74, 6) is 1.01. The highest BCUT2D eigenvalue weighted by molar-refractivity contribution is 5.95. The third-order valence-electron chi connectivity index (χ3n) is 4.20. The number of carbonyl (C=O) groups excluding carboxylic acids is 1. The molecule has 3 aromatic rings. The van der Waals surface area contributed by atoms with E-state index < -0.39 is 0 Å². The third kappa shape index (κ3) is 2.37.